The number of hydrogen-bond donors (Lipinski definition) is 2. The molecule has 0 saturated heterocycles. The molecular formula is C16H25NO6S. The normalized spacial score (nSPS) is 13.2. The van der Waals surface area contributed by atoms with Crippen LogP contribution in [0.4, 0.5) is 4.79 Å². The number of aryl methyl sites for hydroxylation is 1. The van der Waals surface area contributed by atoms with Gasteiger partial charge >= 0.3 is 6.09 Å². The van der Waals surface area contributed by atoms with Crippen LogP contribution in [-0.4, -0.2) is 43.7 Å². The van der Waals surface area contributed by atoms with Crippen molar-refractivity contribution in [1.29, 1.82) is 0 Å². The highest BCUT2D eigenvalue weighted by Crippen LogP contribution is 2.16. The van der Waals surface area contributed by atoms with Gasteiger partial charge in [0.2, 0.25) is 10.0 Å². The minimum atomic E-state index is -3.88. The summed E-state index contributed by atoms with van der Waals surface area (Å²) in [6, 6.07) is 7.32. The summed E-state index contributed by atoms with van der Waals surface area (Å²) in [7, 11) is -3.88. The van der Waals surface area contributed by atoms with Crippen molar-refractivity contribution in [1.82, 2.24) is 4.72 Å². The average Bonchev–Trinajstić information content (AvgIpc) is 2.41. The van der Waals surface area contributed by atoms with Crippen LogP contribution in [0.5, 0.6) is 5.75 Å². The first kappa shape index (κ1) is 20.2. The van der Waals surface area contributed by atoms with E-state index in [0.29, 0.717) is 5.75 Å². The van der Waals surface area contributed by atoms with Crippen molar-refractivity contribution < 1.29 is 27.8 Å². The zero-order valence-electron chi connectivity index (χ0n) is 14.4. The standard InChI is InChI=1S/C16H25NO6S/c1-12-7-5-6-8-14(12)22-11-13(18)9-10-24(20,21)17-15(19)23-16(2,3)4/h5-8,13,18H,9-11H2,1-4H3,(H,17,19). The lowest BCUT2D eigenvalue weighted by Gasteiger charge is -2.19. The van der Waals surface area contributed by atoms with Crippen LogP contribution in [0.25, 0.3) is 0 Å². The number of carbonyl (C=O) groups is 1. The summed E-state index contributed by atoms with van der Waals surface area (Å²) in [5, 5.41) is 9.85. The molecule has 0 bridgehead atoms. The minimum absolute atomic E-state index is 0.0349. The van der Waals surface area contributed by atoms with Gasteiger partial charge in [-0.3, -0.25) is 0 Å². The van der Waals surface area contributed by atoms with Gasteiger partial charge in [0.25, 0.3) is 0 Å². The van der Waals surface area contributed by atoms with Gasteiger partial charge in [0.05, 0.1) is 11.9 Å². The third-order valence-electron chi connectivity index (χ3n) is 2.88. The van der Waals surface area contributed by atoms with Crippen molar-refractivity contribution in [2.24, 2.45) is 0 Å². The summed E-state index contributed by atoms with van der Waals surface area (Å²) >= 11 is 0. The number of amides is 1. The average molecular weight is 359 g/mol. The van der Waals surface area contributed by atoms with Gasteiger partial charge in [0.1, 0.15) is 18.0 Å². The summed E-state index contributed by atoms with van der Waals surface area (Å²) in [4.78, 5) is 11.5. The molecule has 0 radical (unpaired) electrons. The number of sulfonamides is 1. The molecule has 0 heterocycles. The lowest BCUT2D eigenvalue weighted by molar-refractivity contribution is 0.0569. The second-order valence-electron chi connectivity index (χ2n) is 6.44. The molecule has 0 aliphatic carbocycles. The summed E-state index contributed by atoms with van der Waals surface area (Å²) in [6.45, 7) is 6.73. The number of nitrogens with one attached hydrogen (secondary N) is 1. The van der Waals surface area contributed by atoms with Crippen LogP contribution in [0.1, 0.15) is 32.8 Å². The van der Waals surface area contributed by atoms with E-state index in [1.165, 1.54) is 0 Å². The Balaban J connectivity index is 2.41. The molecule has 7 nitrogen and oxygen atoms in total. The van der Waals surface area contributed by atoms with Crippen molar-refractivity contribution in [3.8, 4) is 5.75 Å². The fourth-order valence-corrected chi connectivity index (χ4v) is 2.74. The molecule has 1 unspecified atom stereocenters. The number of carbonyl (C=O) groups excluding carboxylic acids is 1. The Bertz CT molecular complexity index is 651. The summed E-state index contributed by atoms with van der Waals surface area (Å²) in [5.74, 6) is 0.219. The molecule has 8 heteroatoms. The zero-order valence-corrected chi connectivity index (χ0v) is 15.2. The number of benzene rings is 1. The van der Waals surface area contributed by atoms with Crippen LogP contribution in [0, 0.1) is 6.92 Å². The van der Waals surface area contributed by atoms with E-state index in [4.69, 9.17) is 9.47 Å². The van der Waals surface area contributed by atoms with E-state index < -0.39 is 33.6 Å². The molecule has 24 heavy (non-hydrogen) atoms. The third kappa shape index (κ3) is 8.16. The van der Waals surface area contributed by atoms with E-state index in [1.54, 1.807) is 26.8 Å². The van der Waals surface area contributed by atoms with Gasteiger partial charge in [-0.1, -0.05) is 18.2 Å². The van der Waals surface area contributed by atoms with Gasteiger partial charge in [0, 0.05) is 0 Å². The Hall–Kier alpha value is -1.80. The van der Waals surface area contributed by atoms with Gasteiger partial charge < -0.3 is 14.6 Å². The molecular weight excluding hydrogens is 334 g/mol. The van der Waals surface area contributed by atoms with Crippen molar-refractivity contribution in [2.45, 2.75) is 45.8 Å². The summed E-state index contributed by atoms with van der Waals surface area (Å²) in [5.41, 5.74) is 0.129. The lowest BCUT2D eigenvalue weighted by atomic mass is 10.2. The molecule has 1 rings (SSSR count). The number of para-hydroxylation sites is 1. The summed E-state index contributed by atoms with van der Waals surface area (Å²) in [6.07, 6.45) is -2.07. The molecule has 1 atom stereocenters. The summed E-state index contributed by atoms with van der Waals surface area (Å²) < 4.78 is 35.7. The van der Waals surface area contributed by atoms with Crippen molar-refractivity contribution in [2.75, 3.05) is 12.4 Å². The van der Waals surface area contributed by atoms with E-state index in [-0.39, 0.29) is 13.0 Å². The highest BCUT2D eigenvalue weighted by molar-refractivity contribution is 7.90. The Morgan fingerprint density at radius 2 is 1.92 bits per heavy atom. The first-order valence-corrected chi connectivity index (χ1v) is 9.24. The number of aliphatic hydroxyl groups excluding tert-OH is 1. The van der Waals surface area contributed by atoms with Gasteiger partial charge in [0.15, 0.2) is 0 Å². The van der Waals surface area contributed by atoms with Crippen LogP contribution in [0.3, 0.4) is 0 Å². The van der Waals surface area contributed by atoms with Crippen LogP contribution in [-0.2, 0) is 14.8 Å². The van der Waals surface area contributed by atoms with Crippen LogP contribution >= 0.6 is 0 Å². The largest absolute Gasteiger partial charge is 0.491 e. The Morgan fingerprint density at radius 1 is 1.29 bits per heavy atom. The fraction of sp³-hybridized carbons (Fsp3) is 0.562. The molecule has 1 amide bonds. The molecule has 2 N–H and O–H groups in total. The third-order valence-corrected chi connectivity index (χ3v) is 4.13. The van der Waals surface area contributed by atoms with Crippen molar-refractivity contribution in [3.63, 3.8) is 0 Å². The van der Waals surface area contributed by atoms with Gasteiger partial charge in [-0.2, -0.15) is 0 Å². The number of rotatable bonds is 7. The molecule has 0 saturated carbocycles. The van der Waals surface area contributed by atoms with E-state index >= 15 is 0 Å². The Morgan fingerprint density at radius 3 is 2.50 bits per heavy atom. The van der Waals surface area contributed by atoms with Crippen molar-refractivity contribution in [3.05, 3.63) is 29.8 Å². The molecule has 0 fully saturated rings. The molecule has 0 aliphatic heterocycles. The predicted octanol–water partition coefficient (Wildman–Crippen LogP) is 1.98. The maximum absolute atomic E-state index is 11.8. The number of hydrogen-bond acceptors (Lipinski definition) is 6. The molecule has 1 aromatic carbocycles. The first-order chi connectivity index (χ1) is 11.0. The van der Waals surface area contributed by atoms with E-state index in [1.807, 2.05) is 29.8 Å². The quantitative estimate of drug-likeness (QED) is 0.772. The van der Waals surface area contributed by atoms with Gasteiger partial charge in [-0.05, 0) is 45.7 Å². The van der Waals surface area contributed by atoms with Gasteiger partial charge in [-0.15, -0.1) is 0 Å². The molecule has 0 aliphatic rings. The fourth-order valence-electron chi connectivity index (χ4n) is 1.76. The molecule has 0 aromatic heterocycles. The number of aliphatic hydroxyl groups is 1. The second-order valence-corrected chi connectivity index (χ2v) is 8.28. The second kappa shape index (κ2) is 8.34. The van der Waals surface area contributed by atoms with E-state index in [2.05, 4.69) is 0 Å². The zero-order chi connectivity index (χ0) is 18.4. The van der Waals surface area contributed by atoms with Gasteiger partial charge in [-0.25, -0.2) is 17.9 Å². The highest BCUT2D eigenvalue weighted by atomic mass is 32.2. The Labute approximate surface area is 143 Å². The molecule has 1 aromatic rings. The van der Waals surface area contributed by atoms with Crippen molar-refractivity contribution >= 4 is 16.1 Å². The lowest BCUT2D eigenvalue weighted by Crippen LogP contribution is -2.38. The maximum Gasteiger partial charge on any atom is 0.421 e. The Kier molecular flexibility index (Phi) is 7.04. The van der Waals surface area contributed by atoms with Crippen LogP contribution in [0.2, 0.25) is 0 Å². The smallest absolute Gasteiger partial charge is 0.421 e. The molecule has 136 valence electrons. The number of ether oxygens (including phenoxy) is 2. The van der Waals surface area contributed by atoms with Crippen LogP contribution in [0.15, 0.2) is 24.3 Å². The molecule has 0 spiro atoms. The predicted molar refractivity (Wildman–Crippen MR) is 90.5 cm³/mol. The highest BCUT2D eigenvalue weighted by Gasteiger charge is 2.22. The van der Waals surface area contributed by atoms with Crippen LogP contribution < -0.4 is 9.46 Å². The monoisotopic (exact) mass is 359 g/mol. The minimum Gasteiger partial charge on any atom is -0.491 e. The van der Waals surface area contributed by atoms with E-state index in [9.17, 15) is 18.3 Å². The van der Waals surface area contributed by atoms with E-state index in [0.717, 1.165) is 5.56 Å². The SMILES string of the molecule is Cc1ccccc1OCC(O)CCS(=O)(=O)NC(=O)OC(C)(C)C. The topological polar surface area (TPSA) is 102 Å². The first-order valence-electron chi connectivity index (χ1n) is 7.58. The maximum atomic E-state index is 11.8.